The maximum absolute atomic E-state index is 12.7. The van der Waals surface area contributed by atoms with E-state index in [1.54, 1.807) is 46.9 Å². The zero-order valence-electron chi connectivity index (χ0n) is 16.6. The molecule has 2 heterocycles. The van der Waals surface area contributed by atoms with Crippen LogP contribution in [0, 0.1) is 0 Å². The Kier molecular flexibility index (Phi) is 5.90. The molecule has 3 aromatic rings. The number of benzene rings is 2. The van der Waals surface area contributed by atoms with Crippen molar-refractivity contribution in [3.63, 3.8) is 0 Å². The van der Waals surface area contributed by atoms with Crippen molar-refractivity contribution in [2.45, 2.75) is 37.3 Å². The van der Waals surface area contributed by atoms with Gasteiger partial charge in [-0.1, -0.05) is 24.6 Å². The van der Waals surface area contributed by atoms with E-state index < -0.39 is 10.0 Å². The molecule has 1 fully saturated rings. The molecule has 0 radical (unpaired) electrons. The molecule has 4 rings (SSSR count). The van der Waals surface area contributed by atoms with Gasteiger partial charge in [0.2, 0.25) is 10.0 Å². The van der Waals surface area contributed by atoms with Gasteiger partial charge in [0.1, 0.15) is 0 Å². The molecule has 2 N–H and O–H groups in total. The molecular weight excluding hydrogens is 402 g/mol. The number of hydrogen-bond donors (Lipinski definition) is 2. The van der Waals surface area contributed by atoms with E-state index in [1.807, 2.05) is 12.1 Å². The van der Waals surface area contributed by atoms with Gasteiger partial charge in [0, 0.05) is 31.2 Å². The smallest absolute Gasteiger partial charge is 0.326 e. The van der Waals surface area contributed by atoms with Gasteiger partial charge in [0.15, 0.2) is 0 Å². The molecule has 1 aliphatic rings. The fraction of sp³-hybridized carbons (Fsp3) is 0.318. The summed E-state index contributed by atoms with van der Waals surface area (Å²) in [7, 11) is -3.45. The predicted octanol–water partition coefficient (Wildman–Crippen LogP) is 3.07. The lowest BCUT2D eigenvalue weighted by atomic mass is 10.2. The number of carbonyl (C=O) groups is 1. The van der Waals surface area contributed by atoms with Crippen molar-refractivity contribution in [3.8, 4) is 0 Å². The average Bonchev–Trinajstić information content (AvgIpc) is 3.21. The summed E-state index contributed by atoms with van der Waals surface area (Å²) in [5.74, 6) is 0. The predicted molar refractivity (Wildman–Crippen MR) is 115 cm³/mol. The Morgan fingerprint density at radius 3 is 2.37 bits per heavy atom. The standard InChI is InChI=1S/C22H25N3O4S/c26-16-18-6-9-21-19(14-18)10-13-25(21)22(27)23-15-17-4-7-20(8-5-17)30(28,29)24-11-2-1-3-12-24/h4-10,13-14,26H,1-3,11-12,15-16H2,(H,23,27). The third-order valence-electron chi connectivity index (χ3n) is 5.48. The minimum Gasteiger partial charge on any atom is -0.392 e. The number of nitrogens with one attached hydrogen (secondary N) is 1. The maximum atomic E-state index is 12.7. The average molecular weight is 428 g/mol. The van der Waals surface area contributed by atoms with E-state index in [-0.39, 0.29) is 24.1 Å². The molecule has 1 aliphatic heterocycles. The molecular formula is C22H25N3O4S. The Bertz CT molecular complexity index is 1150. The Hall–Kier alpha value is -2.68. The first-order chi connectivity index (χ1) is 14.5. The van der Waals surface area contributed by atoms with Gasteiger partial charge in [-0.25, -0.2) is 13.2 Å². The highest BCUT2D eigenvalue weighted by atomic mass is 32.2. The Labute approximate surface area is 176 Å². The van der Waals surface area contributed by atoms with Crippen LogP contribution in [-0.4, -0.2) is 41.5 Å². The maximum Gasteiger partial charge on any atom is 0.326 e. The molecule has 8 heteroatoms. The van der Waals surface area contributed by atoms with Gasteiger partial charge >= 0.3 is 6.03 Å². The summed E-state index contributed by atoms with van der Waals surface area (Å²) in [5.41, 5.74) is 2.37. The highest BCUT2D eigenvalue weighted by Crippen LogP contribution is 2.21. The van der Waals surface area contributed by atoms with Crippen molar-refractivity contribution >= 4 is 27.0 Å². The van der Waals surface area contributed by atoms with Gasteiger partial charge < -0.3 is 10.4 Å². The zero-order valence-corrected chi connectivity index (χ0v) is 17.4. The number of sulfonamides is 1. The number of hydrogen-bond acceptors (Lipinski definition) is 4. The van der Waals surface area contributed by atoms with Crippen LogP contribution in [0.5, 0.6) is 0 Å². The number of rotatable bonds is 5. The second-order valence-corrected chi connectivity index (χ2v) is 9.44. The number of carbonyl (C=O) groups excluding carboxylic acids is 1. The van der Waals surface area contributed by atoms with E-state index in [1.165, 1.54) is 4.57 Å². The highest BCUT2D eigenvalue weighted by molar-refractivity contribution is 7.89. The van der Waals surface area contributed by atoms with E-state index in [4.69, 9.17) is 0 Å². The van der Waals surface area contributed by atoms with Crippen LogP contribution in [-0.2, 0) is 23.2 Å². The van der Waals surface area contributed by atoms with Crippen LogP contribution in [0.2, 0.25) is 0 Å². The second kappa shape index (κ2) is 8.59. The van der Waals surface area contributed by atoms with Gasteiger partial charge in [-0.2, -0.15) is 4.31 Å². The van der Waals surface area contributed by atoms with Gasteiger partial charge in [-0.15, -0.1) is 0 Å². The van der Waals surface area contributed by atoms with Crippen LogP contribution in [0.3, 0.4) is 0 Å². The first kappa shape index (κ1) is 20.6. The van der Waals surface area contributed by atoms with Crippen molar-refractivity contribution in [1.29, 1.82) is 0 Å². The van der Waals surface area contributed by atoms with Crippen molar-refractivity contribution in [1.82, 2.24) is 14.2 Å². The molecule has 0 saturated carbocycles. The number of aliphatic hydroxyl groups is 1. The largest absolute Gasteiger partial charge is 0.392 e. The molecule has 1 aromatic heterocycles. The Morgan fingerprint density at radius 2 is 1.67 bits per heavy atom. The Morgan fingerprint density at radius 1 is 0.967 bits per heavy atom. The first-order valence-corrected chi connectivity index (χ1v) is 11.5. The lowest BCUT2D eigenvalue weighted by Crippen LogP contribution is -2.35. The minimum atomic E-state index is -3.45. The number of amides is 1. The molecule has 158 valence electrons. The third-order valence-corrected chi connectivity index (χ3v) is 7.39. The summed E-state index contributed by atoms with van der Waals surface area (Å²) >= 11 is 0. The number of piperidine rings is 1. The summed E-state index contributed by atoms with van der Waals surface area (Å²) in [4.78, 5) is 12.9. The van der Waals surface area contributed by atoms with Gasteiger partial charge in [0.25, 0.3) is 0 Å². The summed E-state index contributed by atoms with van der Waals surface area (Å²) in [6.45, 7) is 1.39. The zero-order chi connectivity index (χ0) is 21.1. The molecule has 0 unspecified atom stereocenters. The van der Waals surface area contributed by atoms with Gasteiger partial charge in [-0.3, -0.25) is 4.57 Å². The highest BCUT2D eigenvalue weighted by Gasteiger charge is 2.25. The molecule has 0 spiro atoms. The van der Waals surface area contributed by atoms with E-state index in [9.17, 15) is 18.3 Å². The molecule has 2 aromatic carbocycles. The van der Waals surface area contributed by atoms with E-state index in [0.717, 1.165) is 41.3 Å². The quantitative estimate of drug-likeness (QED) is 0.655. The molecule has 1 amide bonds. The summed E-state index contributed by atoms with van der Waals surface area (Å²) in [5, 5.41) is 13.0. The molecule has 7 nitrogen and oxygen atoms in total. The molecule has 0 bridgehead atoms. The van der Waals surface area contributed by atoms with Crippen molar-refractivity contribution < 1.29 is 18.3 Å². The van der Waals surface area contributed by atoms with E-state index >= 15 is 0 Å². The lowest BCUT2D eigenvalue weighted by molar-refractivity contribution is 0.243. The molecule has 0 atom stereocenters. The number of fused-ring (bicyclic) bond motifs is 1. The van der Waals surface area contributed by atoms with Crippen molar-refractivity contribution in [2.24, 2.45) is 0 Å². The number of aliphatic hydroxyl groups excluding tert-OH is 1. The lowest BCUT2D eigenvalue weighted by Gasteiger charge is -2.25. The second-order valence-electron chi connectivity index (χ2n) is 7.50. The number of aromatic nitrogens is 1. The number of nitrogens with zero attached hydrogens (tertiary/aromatic N) is 2. The van der Waals surface area contributed by atoms with Gasteiger partial charge in [-0.05, 0) is 54.3 Å². The van der Waals surface area contributed by atoms with Crippen LogP contribution in [0.4, 0.5) is 4.79 Å². The summed E-state index contributed by atoms with van der Waals surface area (Å²) in [6.07, 6.45) is 4.57. The summed E-state index contributed by atoms with van der Waals surface area (Å²) in [6, 6.07) is 13.7. The fourth-order valence-corrected chi connectivity index (χ4v) is 5.28. The molecule has 0 aliphatic carbocycles. The van der Waals surface area contributed by atoms with E-state index in [2.05, 4.69) is 5.32 Å². The van der Waals surface area contributed by atoms with Crippen LogP contribution in [0.25, 0.3) is 10.9 Å². The Balaban J connectivity index is 1.42. The van der Waals surface area contributed by atoms with Crippen LogP contribution < -0.4 is 5.32 Å². The minimum absolute atomic E-state index is 0.0448. The van der Waals surface area contributed by atoms with Crippen LogP contribution in [0.1, 0.15) is 30.4 Å². The SMILES string of the molecule is O=C(NCc1ccc(S(=O)(=O)N2CCCCC2)cc1)n1ccc2cc(CO)ccc21. The monoisotopic (exact) mass is 427 g/mol. The van der Waals surface area contributed by atoms with Crippen molar-refractivity contribution in [2.75, 3.05) is 13.1 Å². The molecule has 30 heavy (non-hydrogen) atoms. The third kappa shape index (κ3) is 4.12. The normalized spacial score (nSPS) is 15.4. The van der Waals surface area contributed by atoms with Crippen LogP contribution >= 0.6 is 0 Å². The van der Waals surface area contributed by atoms with E-state index in [0.29, 0.717) is 13.1 Å². The topological polar surface area (TPSA) is 91.6 Å². The van der Waals surface area contributed by atoms with Crippen molar-refractivity contribution in [3.05, 3.63) is 65.9 Å². The first-order valence-electron chi connectivity index (χ1n) is 10.1. The molecule has 1 saturated heterocycles. The fourth-order valence-electron chi connectivity index (χ4n) is 3.76. The van der Waals surface area contributed by atoms with Gasteiger partial charge in [0.05, 0.1) is 17.0 Å². The van der Waals surface area contributed by atoms with Crippen LogP contribution in [0.15, 0.2) is 59.6 Å². The summed E-state index contributed by atoms with van der Waals surface area (Å²) < 4.78 is 28.5.